The number of amides is 1. The van der Waals surface area contributed by atoms with Gasteiger partial charge in [-0.25, -0.2) is 0 Å². The summed E-state index contributed by atoms with van der Waals surface area (Å²) >= 11 is 1.52. The first-order valence-corrected chi connectivity index (χ1v) is 4.78. The lowest BCUT2D eigenvalue weighted by molar-refractivity contribution is -0.125. The van der Waals surface area contributed by atoms with Gasteiger partial charge in [-0.1, -0.05) is 0 Å². The number of halogens is 1. The van der Waals surface area contributed by atoms with E-state index in [-0.39, 0.29) is 24.9 Å². The van der Waals surface area contributed by atoms with E-state index in [2.05, 4.69) is 5.32 Å². The van der Waals surface area contributed by atoms with Gasteiger partial charge in [-0.15, -0.1) is 12.4 Å². The molecule has 1 rings (SSSR count). The van der Waals surface area contributed by atoms with Gasteiger partial charge < -0.3 is 15.8 Å². The van der Waals surface area contributed by atoms with E-state index >= 15 is 0 Å². The predicted octanol–water partition coefficient (Wildman–Crippen LogP) is 1.08. The van der Waals surface area contributed by atoms with Crippen molar-refractivity contribution in [1.29, 1.82) is 0 Å². The number of nitrogens with two attached hydrogens (primary N) is 1. The summed E-state index contributed by atoms with van der Waals surface area (Å²) in [4.78, 5) is 11.4. The number of rotatable bonds is 4. The number of hydrogen-bond acceptors (Lipinski definition) is 4. The second-order valence-electron chi connectivity index (χ2n) is 2.46. The predicted molar refractivity (Wildman–Crippen MR) is 60.0 cm³/mol. The average molecular weight is 237 g/mol. The molecule has 0 aliphatic rings. The molecule has 1 atom stereocenters. The Morgan fingerprint density at radius 3 is 2.93 bits per heavy atom. The van der Waals surface area contributed by atoms with Gasteiger partial charge in [0.1, 0.15) is 6.10 Å². The third kappa shape index (κ3) is 3.63. The van der Waals surface area contributed by atoms with E-state index < -0.39 is 6.10 Å². The molecule has 0 aliphatic heterocycles. The minimum atomic E-state index is -0.570. The molecule has 0 aromatic carbocycles. The first kappa shape index (κ1) is 13.4. The second kappa shape index (κ2) is 6.78. The van der Waals surface area contributed by atoms with Crippen LogP contribution < -0.4 is 11.1 Å². The lowest BCUT2D eigenvalue weighted by Crippen LogP contribution is -2.35. The van der Waals surface area contributed by atoms with Gasteiger partial charge in [0.25, 0.3) is 5.91 Å². The number of thiophene rings is 1. The molecule has 14 heavy (non-hydrogen) atoms. The quantitative estimate of drug-likeness (QED) is 0.823. The topological polar surface area (TPSA) is 64.3 Å². The number of anilines is 1. The monoisotopic (exact) mass is 236 g/mol. The number of ether oxygens (including phenoxy) is 1. The fourth-order valence-electron chi connectivity index (χ4n) is 0.869. The van der Waals surface area contributed by atoms with Crippen molar-refractivity contribution in [2.24, 2.45) is 5.73 Å². The Balaban J connectivity index is 0.00000169. The lowest BCUT2D eigenvalue weighted by atomic mass is 10.3. The van der Waals surface area contributed by atoms with Gasteiger partial charge in [-0.2, -0.15) is 11.3 Å². The molecule has 1 aromatic heterocycles. The van der Waals surface area contributed by atoms with Crippen molar-refractivity contribution in [3.05, 3.63) is 16.8 Å². The van der Waals surface area contributed by atoms with Gasteiger partial charge in [0.05, 0.1) is 5.69 Å². The van der Waals surface area contributed by atoms with Gasteiger partial charge in [0.15, 0.2) is 0 Å². The van der Waals surface area contributed by atoms with Gasteiger partial charge >= 0.3 is 0 Å². The summed E-state index contributed by atoms with van der Waals surface area (Å²) in [6, 6.07) is 1.83. The molecule has 0 spiro atoms. The van der Waals surface area contributed by atoms with Crippen molar-refractivity contribution in [1.82, 2.24) is 0 Å². The third-order valence-corrected chi connectivity index (χ3v) is 2.26. The molecule has 1 unspecified atom stereocenters. The number of carbonyl (C=O) groups excluding carboxylic acids is 1. The SMILES string of the molecule is COC(CN)C(=O)Nc1ccsc1.Cl. The zero-order valence-corrected chi connectivity index (χ0v) is 9.36. The highest BCUT2D eigenvalue weighted by atomic mass is 35.5. The highest BCUT2D eigenvalue weighted by molar-refractivity contribution is 7.08. The largest absolute Gasteiger partial charge is 0.370 e. The van der Waals surface area contributed by atoms with Crippen LogP contribution in [0.2, 0.25) is 0 Å². The van der Waals surface area contributed by atoms with Crippen LogP contribution in [-0.2, 0) is 9.53 Å². The summed E-state index contributed by atoms with van der Waals surface area (Å²) in [7, 11) is 1.46. The van der Waals surface area contributed by atoms with Crippen molar-refractivity contribution >= 4 is 35.3 Å². The van der Waals surface area contributed by atoms with E-state index in [1.54, 1.807) is 0 Å². The second-order valence-corrected chi connectivity index (χ2v) is 3.24. The minimum absolute atomic E-state index is 0. The van der Waals surface area contributed by atoms with Crippen molar-refractivity contribution in [3.63, 3.8) is 0 Å². The number of hydrogen-bond donors (Lipinski definition) is 2. The van der Waals surface area contributed by atoms with E-state index in [9.17, 15) is 4.79 Å². The number of carbonyl (C=O) groups is 1. The zero-order chi connectivity index (χ0) is 9.68. The maximum Gasteiger partial charge on any atom is 0.254 e. The molecular weight excluding hydrogens is 224 g/mol. The number of methoxy groups -OCH3 is 1. The van der Waals surface area contributed by atoms with Gasteiger partial charge in [0.2, 0.25) is 0 Å². The standard InChI is InChI=1S/C8H12N2O2S.ClH/c1-12-7(4-9)8(11)10-6-2-3-13-5-6;/h2-3,5,7H,4,9H2,1H3,(H,10,11);1H. The molecular formula is C8H13ClN2O2S. The Morgan fingerprint density at radius 1 is 1.79 bits per heavy atom. The molecule has 80 valence electrons. The Morgan fingerprint density at radius 2 is 2.50 bits per heavy atom. The van der Waals surface area contributed by atoms with Crippen LogP contribution >= 0.6 is 23.7 Å². The van der Waals surface area contributed by atoms with Gasteiger partial charge in [0, 0.05) is 19.0 Å². The summed E-state index contributed by atoms with van der Waals surface area (Å²) in [5.41, 5.74) is 6.11. The third-order valence-electron chi connectivity index (χ3n) is 1.58. The zero-order valence-electron chi connectivity index (χ0n) is 7.73. The van der Waals surface area contributed by atoms with E-state index in [0.29, 0.717) is 0 Å². The average Bonchev–Trinajstić information content (AvgIpc) is 2.59. The lowest BCUT2D eigenvalue weighted by Gasteiger charge is -2.11. The summed E-state index contributed by atoms with van der Waals surface area (Å²) in [6.07, 6.45) is -0.570. The van der Waals surface area contributed by atoms with E-state index in [1.807, 2.05) is 16.8 Å². The minimum Gasteiger partial charge on any atom is -0.370 e. The maximum absolute atomic E-state index is 11.4. The van der Waals surface area contributed by atoms with Crippen LogP contribution in [0.1, 0.15) is 0 Å². The first-order valence-electron chi connectivity index (χ1n) is 3.84. The van der Waals surface area contributed by atoms with Crippen molar-refractivity contribution in [2.45, 2.75) is 6.10 Å². The number of nitrogens with one attached hydrogen (secondary N) is 1. The molecule has 1 aromatic rings. The summed E-state index contributed by atoms with van der Waals surface area (Å²) in [5.74, 6) is -0.205. The highest BCUT2D eigenvalue weighted by Crippen LogP contribution is 2.12. The highest BCUT2D eigenvalue weighted by Gasteiger charge is 2.15. The van der Waals surface area contributed by atoms with Crippen LogP contribution in [-0.4, -0.2) is 25.7 Å². The molecule has 0 saturated heterocycles. The first-order chi connectivity index (χ1) is 6.27. The summed E-state index contributed by atoms with van der Waals surface area (Å²) in [5, 5.41) is 6.43. The molecule has 3 N–H and O–H groups in total. The normalized spacial score (nSPS) is 11.6. The maximum atomic E-state index is 11.4. The van der Waals surface area contributed by atoms with Crippen LogP contribution in [0.4, 0.5) is 5.69 Å². The molecule has 0 fully saturated rings. The molecule has 0 radical (unpaired) electrons. The Hall–Kier alpha value is -0.620. The Kier molecular flexibility index (Phi) is 6.48. The van der Waals surface area contributed by atoms with Crippen molar-refractivity contribution in [3.8, 4) is 0 Å². The van der Waals surface area contributed by atoms with E-state index in [4.69, 9.17) is 10.5 Å². The van der Waals surface area contributed by atoms with Gasteiger partial charge in [-0.05, 0) is 11.4 Å². The van der Waals surface area contributed by atoms with Crippen molar-refractivity contribution < 1.29 is 9.53 Å². The van der Waals surface area contributed by atoms with E-state index in [1.165, 1.54) is 18.4 Å². The Labute approximate surface area is 92.8 Å². The van der Waals surface area contributed by atoms with Crippen LogP contribution in [0.25, 0.3) is 0 Å². The van der Waals surface area contributed by atoms with Crippen LogP contribution in [0.5, 0.6) is 0 Å². The molecule has 4 nitrogen and oxygen atoms in total. The van der Waals surface area contributed by atoms with Gasteiger partial charge in [-0.3, -0.25) is 4.79 Å². The Bertz CT molecular complexity index is 262. The molecule has 0 aliphatic carbocycles. The van der Waals surface area contributed by atoms with Crippen LogP contribution in [0, 0.1) is 0 Å². The smallest absolute Gasteiger partial charge is 0.254 e. The molecule has 1 heterocycles. The molecule has 1 amide bonds. The molecule has 6 heteroatoms. The van der Waals surface area contributed by atoms with Crippen molar-refractivity contribution in [2.75, 3.05) is 19.0 Å². The fourth-order valence-corrected chi connectivity index (χ4v) is 1.46. The fraction of sp³-hybridized carbons (Fsp3) is 0.375. The van der Waals surface area contributed by atoms with E-state index in [0.717, 1.165) is 5.69 Å². The van der Waals surface area contributed by atoms with Crippen LogP contribution in [0.3, 0.4) is 0 Å². The molecule has 0 bridgehead atoms. The van der Waals surface area contributed by atoms with Crippen LogP contribution in [0.15, 0.2) is 16.8 Å². The summed E-state index contributed by atoms with van der Waals surface area (Å²) in [6.45, 7) is 0.187. The molecule has 0 saturated carbocycles. The summed E-state index contributed by atoms with van der Waals surface area (Å²) < 4.78 is 4.88.